The van der Waals surface area contributed by atoms with Gasteiger partial charge >= 0.3 is 0 Å². The van der Waals surface area contributed by atoms with E-state index < -0.39 is 15.9 Å². The molecule has 6 nitrogen and oxygen atoms in total. The highest BCUT2D eigenvalue weighted by atomic mass is 32.2. The molecule has 0 bridgehead atoms. The molecule has 2 unspecified atom stereocenters. The number of nitrogens with zero attached hydrogens (tertiary/aromatic N) is 2. The summed E-state index contributed by atoms with van der Waals surface area (Å²) in [5.41, 5.74) is 1.71. The molecule has 1 amide bonds. The van der Waals surface area contributed by atoms with Crippen LogP contribution in [0.4, 0.5) is 0 Å². The van der Waals surface area contributed by atoms with Crippen molar-refractivity contribution in [2.75, 3.05) is 6.54 Å². The second-order valence-corrected chi connectivity index (χ2v) is 9.52. The molecule has 4 rings (SSSR count). The van der Waals surface area contributed by atoms with Crippen molar-refractivity contribution in [3.8, 4) is 0 Å². The first kappa shape index (κ1) is 21.2. The molecule has 3 aromatic rings. The first-order valence-electron chi connectivity index (χ1n) is 10.3. The fraction of sp³-hybridized carbons (Fsp3) is 0.250. The number of aromatic nitrogens is 1. The predicted molar refractivity (Wildman–Crippen MR) is 118 cm³/mol. The van der Waals surface area contributed by atoms with Crippen LogP contribution in [0.25, 0.3) is 0 Å². The van der Waals surface area contributed by atoms with Gasteiger partial charge in [0.2, 0.25) is 15.9 Å². The molecule has 160 valence electrons. The van der Waals surface area contributed by atoms with E-state index in [0.717, 1.165) is 11.3 Å². The van der Waals surface area contributed by atoms with Gasteiger partial charge in [-0.1, -0.05) is 54.6 Å². The number of hydrogen-bond acceptors (Lipinski definition) is 4. The van der Waals surface area contributed by atoms with E-state index in [1.807, 2.05) is 48.5 Å². The molecule has 1 N–H and O–H groups in total. The first-order chi connectivity index (χ1) is 15.1. The molecule has 7 heteroatoms. The van der Waals surface area contributed by atoms with E-state index >= 15 is 0 Å². The third kappa shape index (κ3) is 4.84. The fourth-order valence-electron chi connectivity index (χ4n) is 3.98. The largest absolute Gasteiger partial charge is 0.350 e. The summed E-state index contributed by atoms with van der Waals surface area (Å²) in [7, 11) is -3.75. The lowest BCUT2D eigenvalue weighted by molar-refractivity contribution is -0.126. The molecule has 1 saturated heterocycles. The van der Waals surface area contributed by atoms with Crippen molar-refractivity contribution in [3.63, 3.8) is 0 Å². The van der Waals surface area contributed by atoms with Crippen LogP contribution >= 0.6 is 0 Å². The molecule has 1 aromatic heterocycles. The Kier molecular flexibility index (Phi) is 6.44. The van der Waals surface area contributed by atoms with Gasteiger partial charge in [0.25, 0.3) is 0 Å². The Morgan fingerprint density at radius 3 is 2.29 bits per heavy atom. The van der Waals surface area contributed by atoms with Gasteiger partial charge in [-0.15, -0.1) is 0 Å². The Hall–Kier alpha value is -3.03. The minimum absolute atomic E-state index is 0.144. The van der Waals surface area contributed by atoms with Gasteiger partial charge in [0.15, 0.2) is 0 Å². The molecular weight excluding hydrogens is 410 g/mol. The van der Waals surface area contributed by atoms with Crippen molar-refractivity contribution >= 4 is 15.9 Å². The standard InChI is InChI=1S/C24H25N3O3S/c28-24(26-17-21-11-7-8-16-25-21)20-14-15-23(19-9-3-1-4-10-19)27(18-20)31(29,30)22-12-5-2-6-13-22/h1-13,16,20,23H,14-15,17-18H2,(H,26,28). The maximum Gasteiger partial charge on any atom is 0.243 e. The molecule has 0 aliphatic carbocycles. The molecule has 2 atom stereocenters. The van der Waals surface area contributed by atoms with Crippen LogP contribution in [-0.2, 0) is 21.4 Å². The summed E-state index contributed by atoms with van der Waals surface area (Å²) in [4.78, 5) is 17.3. The second kappa shape index (κ2) is 9.41. The number of piperidine rings is 1. The van der Waals surface area contributed by atoms with Crippen LogP contribution in [0.2, 0.25) is 0 Å². The van der Waals surface area contributed by atoms with Gasteiger partial charge in [0.05, 0.1) is 29.1 Å². The number of carbonyl (C=O) groups is 1. The average Bonchev–Trinajstić information content (AvgIpc) is 2.84. The van der Waals surface area contributed by atoms with Crippen LogP contribution in [0.3, 0.4) is 0 Å². The van der Waals surface area contributed by atoms with Crippen LogP contribution in [0.1, 0.15) is 30.1 Å². The van der Waals surface area contributed by atoms with Gasteiger partial charge in [-0.05, 0) is 42.7 Å². The number of sulfonamides is 1. The zero-order valence-corrected chi connectivity index (χ0v) is 17.9. The van der Waals surface area contributed by atoms with Crippen molar-refractivity contribution in [1.29, 1.82) is 0 Å². The third-order valence-electron chi connectivity index (χ3n) is 5.61. The summed E-state index contributed by atoms with van der Waals surface area (Å²) < 4.78 is 28.5. The molecule has 0 spiro atoms. The van der Waals surface area contributed by atoms with Gasteiger partial charge in [0.1, 0.15) is 0 Å². The number of carbonyl (C=O) groups excluding carboxylic acids is 1. The number of pyridine rings is 1. The van der Waals surface area contributed by atoms with E-state index in [-0.39, 0.29) is 23.4 Å². The Bertz CT molecular complexity index is 1110. The number of rotatable bonds is 6. The summed E-state index contributed by atoms with van der Waals surface area (Å²) in [6.45, 7) is 0.467. The second-order valence-electron chi connectivity index (χ2n) is 7.63. The lowest BCUT2D eigenvalue weighted by Gasteiger charge is -2.38. The van der Waals surface area contributed by atoms with E-state index in [1.165, 1.54) is 4.31 Å². The summed E-state index contributed by atoms with van der Waals surface area (Å²) in [6.07, 6.45) is 2.88. The van der Waals surface area contributed by atoms with E-state index in [4.69, 9.17) is 0 Å². The summed E-state index contributed by atoms with van der Waals surface area (Å²) in [5, 5.41) is 2.91. The maximum atomic E-state index is 13.5. The predicted octanol–water partition coefficient (Wildman–Crippen LogP) is 3.54. The van der Waals surface area contributed by atoms with E-state index in [9.17, 15) is 13.2 Å². The highest BCUT2D eigenvalue weighted by Crippen LogP contribution is 2.37. The van der Waals surface area contributed by atoms with E-state index in [1.54, 1.807) is 36.5 Å². The van der Waals surface area contributed by atoms with Crippen LogP contribution in [-0.4, -0.2) is 30.2 Å². The van der Waals surface area contributed by atoms with Gasteiger partial charge in [-0.25, -0.2) is 8.42 Å². The van der Waals surface area contributed by atoms with Crippen molar-refractivity contribution < 1.29 is 13.2 Å². The number of hydrogen-bond donors (Lipinski definition) is 1. The van der Waals surface area contributed by atoms with Crippen LogP contribution < -0.4 is 5.32 Å². The molecule has 0 radical (unpaired) electrons. The zero-order chi connectivity index (χ0) is 21.7. The van der Waals surface area contributed by atoms with E-state index in [0.29, 0.717) is 19.4 Å². The first-order valence-corrected chi connectivity index (χ1v) is 11.8. The SMILES string of the molecule is O=C(NCc1ccccn1)C1CCC(c2ccccc2)N(S(=O)(=O)c2ccccc2)C1. The minimum atomic E-state index is -3.75. The monoisotopic (exact) mass is 435 g/mol. The summed E-state index contributed by atoms with van der Waals surface area (Å²) in [6, 6.07) is 23.3. The van der Waals surface area contributed by atoms with Crippen LogP contribution in [0.5, 0.6) is 0 Å². The maximum absolute atomic E-state index is 13.5. The molecule has 0 saturated carbocycles. The van der Waals surface area contributed by atoms with Crippen LogP contribution in [0.15, 0.2) is 90.0 Å². The van der Waals surface area contributed by atoms with Gasteiger partial charge in [-0.3, -0.25) is 9.78 Å². The molecule has 2 aromatic carbocycles. The van der Waals surface area contributed by atoms with Crippen molar-refractivity contribution in [3.05, 3.63) is 96.3 Å². The van der Waals surface area contributed by atoms with Gasteiger partial charge in [-0.2, -0.15) is 4.31 Å². The fourth-order valence-corrected chi connectivity index (χ4v) is 5.69. The smallest absolute Gasteiger partial charge is 0.243 e. The number of benzene rings is 2. The Morgan fingerprint density at radius 1 is 0.935 bits per heavy atom. The van der Waals surface area contributed by atoms with Gasteiger partial charge in [0, 0.05) is 12.7 Å². The average molecular weight is 436 g/mol. The molecule has 1 aliphatic heterocycles. The van der Waals surface area contributed by atoms with Crippen molar-refractivity contribution in [1.82, 2.24) is 14.6 Å². The van der Waals surface area contributed by atoms with E-state index in [2.05, 4.69) is 10.3 Å². The highest BCUT2D eigenvalue weighted by molar-refractivity contribution is 7.89. The number of amides is 1. The lowest BCUT2D eigenvalue weighted by atomic mass is 9.90. The zero-order valence-electron chi connectivity index (χ0n) is 17.1. The summed E-state index contributed by atoms with van der Waals surface area (Å²) >= 11 is 0. The quantitative estimate of drug-likeness (QED) is 0.642. The molecule has 31 heavy (non-hydrogen) atoms. The molecule has 1 aliphatic rings. The van der Waals surface area contributed by atoms with Gasteiger partial charge < -0.3 is 5.32 Å². The topological polar surface area (TPSA) is 79.4 Å². The minimum Gasteiger partial charge on any atom is -0.350 e. The Labute approximate surface area is 183 Å². The lowest BCUT2D eigenvalue weighted by Crippen LogP contribution is -2.46. The molecule has 2 heterocycles. The summed E-state index contributed by atoms with van der Waals surface area (Å²) in [5.74, 6) is -0.562. The Morgan fingerprint density at radius 2 is 1.61 bits per heavy atom. The normalized spacial score (nSPS) is 19.6. The van der Waals surface area contributed by atoms with Crippen LogP contribution in [0, 0.1) is 5.92 Å². The Balaban J connectivity index is 1.57. The van der Waals surface area contributed by atoms with Crippen molar-refractivity contribution in [2.45, 2.75) is 30.3 Å². The third-order valence-corrected chi connectivity index (χ3v) is 7.50. The molecule has 1 fully saturated rings. The molecular formula is C24H25N3O3S. The van der Waals surface area contributed by atoms with Crippen molar-refractivity contribution in [2.24, 2.45) is 5.92 Å². The number of nitrogens with one attached hydrogen (secondary N) is 1. The highest BCUT2D eigenvalue weighted by Gasteiger charge is 2.39.